The molecule has 0 radical (unpaired) electrons. The van der Waals surface area contributed by atoms with Crippen LogP contribution in [0.2, 0.25) is 0 Å². The molecule has 1 saturated heterocycles. The average molecular weight is 386 g/mol. The van der Waals surface area contributed by atoms with Crippen molar-refractivity contribution >= 4 is 6.21 Å². The van der Waals surface area contributed by atoms with E-state index in [1.165, 1.54) is 12.1 Å². The van der Waals surface area contributed by atoms with Gasteiger partial charge in [-0.3, -0.25) is 9.89 Å². The predicted octanol–water partition coefficient (Wildman–Crippen LogP) is 3.81. The van der Waals surface area contributed by atoms with E-state index in [4.69, 9.17) is 9.47 Å². The second-order valence-corrected chi connectivity index (χ2v) is 6.78. The molecule has 1 aliphatic rings. The zero-order chi connectivity index (χ0) is 19.8. The number of phenolic OH excluding ortho intramolecular Hbond substituents is 1. The summed E-state index contributed by atoms with van der Waals surface area (Å²) >= 11 is 0. The number of morpholine rings is 1. The molecule has 0 spiro atoms. The molecule has 3 rings (SSSR count). The van der Waals surface area contributed by atoms with Crippen LogP contribution in [-0.4, -0.2) is 55.7 Å². The number of halogens is 1. The van der Waals surface area contributed by atoms with Gasteiger partial charge in [0, 0.05) is 30.9 Å². The molecule has 28 heavy (non-hydrogen) atoms. The SMILES string of the molecule is CCCOc1ccc(C=NC[C@@H](c2ccc(F)cc2)N2CCOCC2)c(O)c1. The van der Waals surface area contributed by atoms with E-state index in [9.17, 15) is 9.50 Å². The third-order valence-electron chi connectivity index (χ3n) is 4.72. The molecule has 1 aliphatic heterocycles. The topological polar surface area (TPSA) is 54.3 Å². The van der Waals surface area contributed by atoms with Gasteiger partial charge in [-0.25, -0.2) is 4.39 Å². The summed E-state index contributed by atoms with van der Waals surface area (Å²) in [5.74, 6) is 0.541. The Morgan fingerprint density at radius 1 is 1.21 bits per heavy atom. The Morgan fingerprint density at radius 2 is 1.96 bits per heavy atom. The summed E-state index contributed by atoms with van der Waals surface area (Å²) in [7, 11) is 0. The first-order chi connectivity index (χ1) is 13.7. The second-order valence-electron chi connectivity index (χ2n) is 6.78. The largest absolute Gasteiger partial charge is 0.507 e. The number of hydrogen-bond acceptors (Lipinski definition) is 5. The summed E-state index contributed by atoms with van der Waals surface area (Å²) in [5, 5.41) is 10.2. The Labute approximate surface area is 165 Å². The molecular weight excluding hydrogens is 359 g/mol. The smallest absolute Gasteiger partial charge is 0.128 e. The number of hydrogen-bond donors (Lipinski definition) is 1. The van der Waals surface area contributed by atoms with Crippen molar-refractivity contribution in [2.75, 3.05) is 39.5 Å². The normalized spacial score (nSPS) is 16.4. The maximum atomic E-state index is 13.3. The van der Waals surface area contributed by atoms with Gasteiger partial charge in [0.25, 0.3) is 0 Å². The molecule has 0 saturated carbocycles. The standard InChI is InChI=1S/C22H27FN2O3/c1-2-11-28-20-8-5-18(22(26)14-20)15-24-16-21(25-9-12-27-13-10-25)17-3-6-19(23)7-4-17/h3-8,14-15,21,26H,2,9-13,16H2,1H3/t21-/m0/s1. The summed E-state index contributed by atoms with van der Waals surface area (Å²) in [6, 6.07) is 11.8. The Morgan fingerprint density at radius 3 is 2.64 bits per heavy atom. The van der Waals surface area contributed by atoms with Crippen LogP contribution < -0.4 is 4.74 Å². The number of ether oxygens (including phenoxy) is 2. The third kappa shape index (κ3) is 5.53. The molecule has 2 aromatic rings. The quantitative estimate of drug-likeness (QED) is 0.701. The number of phenols is 1. The molecule has 0 amide bonds. The number of benzene rings is 2. The van der Waals surface area contributed by atoms with Gasteiger partial charge < -0.3 is 14.6 Å². The first-order valence-electron chi connectivity index (χ1n) is 9.70. The van der Waals surface area contributed by atoms with Gasteiger partial charge in [-0.1, -0.05) is 19.1 Å². The fourth-order valence-electron chi connectivity index (χ4n) is 3.20. The minimum atomic E-state index is -0.247. The summed E-state index contributed by atoms with van der Waals surface area (Å²) in [5.41, 5.74) is 1.66. The van der Waals surface area contributed by atoms with Crippen molar-refractivity contribution in [1.82, 2.24) is 4.90 Å². The van der Waals surface area contributed by atoms with Gasteiger partial charge in [0.2, 0.25) is 0 Å². The van der Waals surface area contributed by atoms with Crippen molar-refractivity contribution in [3.8, 4) is 11.5 Å². The molecule has 1 fully saturated rings. The van der Waals surface area contributed by atoms with Gasteiger partial charge >= 0.3 is 0 Å². The molecule has 0 aliphatic carbocycles. The first-order valence-corrected chi connectivity index (χ1v) is 9.70. The molecule has 1 heterocycles. The van der Waals surface area contributed by atoms with Crippen LogP contribution in [0.5, 0.6) is 11.5 Å². The molecule has 6 heteroatoms. The zero-order valence-corrected chi connectivity index (χ0v) is 16.2. The first kappa shape index (κ1) is 20.3. The van der Waals surface area contributed by atoms with Gasteiger partial charge in [-0.05, 0) is 36.2 Å². The predicted molar refractivity (Wildman–Crippen MR) is 108 cm³/mol. The van der Waals surface area contributed by atoms with E-state index in [0.29, 0.717) is 37.7 Å². The van der Waals surface area contributed by atoms with Crippen LogP contribution in [0.3, 0.4) is 0 Å². The minimum Gasteiger partial charge on any atom is -0.507 e. The Hall–Kier alpha value is -2.44. The van der Waals surface area contributed by atoms with E-state index in [-0.39, 0.29) is 17.6 Å². The van der Waals surface area contributed by atoms with Crippen LogP contribution in [-0.2, 0) is 4.74 Å². The van der Waals surface area contributed by atoms with Gasteiger partial charge in [-0.2, -0.15) is 0 Å². The maximum absolute atomic E-state index is 13.3. The Kier molecular flexibility index (Phi) is 7.39. The van der Waals surface area contributed by atoms with Gasteiger partial charge in [0.15, 0.2) is 0 Å². The highest BCUT2D eigenvalue weighted by Gasteiger charge is 2.22. The van der Waals surface area contributed by atoms with Crippen LogP contribution in [0.4, 0.5) is 4.39 Å². The average Bonchev–Trinajstić information content (AvgIpc) is 2.72. The lowest BCUT2D eigenvalue weighted by Crippen LogP contribution is -2.40. The van der Waals surface area contributed by atoms with E-state index in [1.54, 1.807) is 18.3 Å². The van der Waals surface area contributed by atoms with Crippen LogP contribution in [0.1, 0.15) is 30.5 Å². The van der Waals surface area contributed by atoms with E-state index >= 15 is 0 Å². The number of aromatic hydroxyl groups is 1. The number of aliphatic imine (C=N–C) groups is 1. The lowest BCUT2D eigenvalue weighted by molar-refractivity contribution is 0.0180. The van der Waals surface area contributed by atoms with E-state index < -0.39 is 0 Å². The van der Waals surface area contributed by atoms with Crippen molar-refractivity contribution in [1.29, 1.82) is 0 Å². The van der Waals surface area contributed by atoms with E-state index in [0.717, 1.165) is 25.1 Å². The minimum absolute atomic E-state index is 0.0371. The van der Waals surface area contributed by atoms with Crippen LogP contribution in [0.15, 0.2) is 47.5 Å². The van der Waals surface area contributed by atoms with Gasteiger partial charge in [-0.15, -0.1) is 0 Å². The molecular formula is C22H27FN2O3. The molecule has 5 nitrogen and oxygen atoms in total. The summed E-state index contributed by atoms with van der Waals surface area (Å²) in [4.78, 5) is 6.87. The lowest BCUT2D eigenvalue weighted by atomic mass is 10.0. The second kappa shape index (κ2) is 10.2. The Bertz CT molecular complexity index is 774. The molecule has 0 unspecified atom stereocenters. The number of nitrogens with zero attached hydrogens (tertiary/aromatic N) is 2. The van der Waals surface area contributed by atoms with Crippen molar-refractivity contribution in [3.05, 3.63) is 59.4 Å². The molecule has 1 N–H and O–H groups in total. The van der Waals surface area contributed by atoms with Crippen molar-refractivity contribution in [2.45, 2.75) is 19.4 Å². The molecule has 150 valence electrons. The molecule has 2 aromatic carbocycles. The zero-order valence-electron chi connectivity index (χ0n) is 16.2. The fraction of sp³-hybridized carbons (Fsp3) is 0.409. The fourth-order valence-corrected chi connectivity index (χ4v) is 3.20. The molecule has 0 bridgehead atoms. The lowest BCUT2D eigenvalue weighted by Gasteiger charge is -2.34. The summed E-state index contributed by atoms with van der Waals surface area (Å²) < 4.78 is 24.3. The van der Waals surface area contributed by atoms with Crippen molar-refractivity contribution in [2.24, 2.45) is 4.99 Å². The van der Waals surface area contributed by atoms with Crippen LogP contribution >= 0.6 is 0 Å². The van der Waals surface area contributed by atoms with Crippen molar-refractivity contribution in [3.63, 3.8) is 0 Å². The molecule has 1 atom stereocenters. The maximum Gasteiger partial charge on any atom is 0.128 e. The number of rotatable bonds is 8. The van der Waals surface area contributed by atoms with E-state index in [1.807, 2.05) is 25.1 Å². The summed E-state index contributed by atoms with van der Waals surface area (Å²) in [6.45, 7) is 6.15. The Balaban J connectivity index is 1.71. The van der Waals surface area contributed by atoms with E-state index in [2.05, 4.69) is 9.89 Å². The van der Waals surface area contributed by atoms with Crippen LogP contribution in [0.25, 0.3) is 0 Å². The highest BCUT2D eigenvalue weighted by molar-refractivity contribution is 5.83. The molecule has 0 aromatic heterocycles. The van der Waals surface area contributed by atoms with Crippen molar-refractivity contribution < 1.29 is 19.0 Å². The monoisotopic (exact) mass is 386 g/mol. The van der Waals surface area contributed by atoms with Gasteiger partial charge in [0.1, 0.15) is 17.3 Å². The third-order valence-corrected chi connectivity index (χ3v) is 4.72. The van der Waals surface area contributed by atoms with Gasteiger partial charge in [0.05, 0.1) is 32.4 Å². The highest BCUT2D eigenvalue weighted by atomic mass is 19.1. The highest BCUT2D eigenvalue weighted by Crippen LogP contribution is 2.25. The summed E-state index contributed by atoms with van der Waals surface area (Å²) in [6.07, 6.45) is 2.59. The van der Waals surface area contributed by atoms with Crippen LogP contribution in [0, 0.1) is 5.82 Å².